The van der Waals surface area contributed by atoms with Gasteiger partial charge in [-0.25, -0.2) is 4.21 Å². The lowest BCUT2D eigenvalue weighted by molar-refractivity contribution is 0.701. The van der Waals surface area contributed by atoms with Crippen LogP contribution in [0.3, 0.4) is 0 Å². The molecule has 0 aromatic heterocycles. The highest BCUT2D eigenvalue weighted by Gasteiger charge is 1.29. The lowest BCUT2D eigenvalue weighted by Gasteiger charge is -1.36. The summed E-state index contributed by atoms with van der Waals surface area (Å²) in [6.45, 7) is 0. The standard InChI is InChI=1S/CH3NOS/c2-1-4-3/h1H,2H2. The molecule has 0 aliphatic carbocycles. The van der Waals surface area contributed by atoms with Gasteiger partial charge < -0.3 is 0 Å². The Balaban J connectivity index is 3.11. The maximum absolute atomic E-state index is 9.03. The van der Waals surface area contributed by atoms with Gasteiger partial charge in [0.1, 0.15) is 11.3 Å². The zero-order valence-electron chi connectivity index (χ0n) is 1.97. The molecule has 0 saturated heterocycles. The SMILES string of the molecule is NC=S=O. The minimum atomic E-state index is 0.259. The van der Waals surface area contributed by atoms with Gasteiger partial charge in [-0.1, -0.05) is 0 Å². The summed E-state index contributed by atoms with van der Waals surface area (Å²) in [6.07, 6.45) is 0. The average molecular weight is 77.1 g/mol. The predicted molar refractivity (Wildman–Crippen MR) is 18.4 cm³/mol. The number of hydrogen-bond acceptors (Lipinski definition) is 1. The van der Waals surface area contributed by atoms with E-state index in [9.17, 15) is 0 Å². The van der Waals surface area contributed by atoms with E-state index < -0.39 is 0 Å². The molecule has 0 amide bonds. The Morgan fingerprint density at radius 2 is 2.25 bits per heavy atom. The molecule has 0 saturated carbocycles. The summed E-state index contributed by atoms with van der Waals surface area (Å²) >= 11 is 0.259. The Kier molecular flexibility index (Phi) is 2.74. The van der Waals surface area contributed by atoms with Crippen LogP contribution in [0.4, 0.5) is 0 Å². The van der Waals surface area contributed by atoms with Gasteiger partial charge in [0, 0.05) is 0 Å². The summed E-state index contributed by atoms with van der Waals surface area (Å²) < 4.78 is 9.03. The Bertz CT molecular complexity index is 46.0. The van der Waals surface area contributed by atoms with Crippen LogP contribution >= 0.6 is 0 Å². The Labute approximate surface area is 27.7 Å². The molecular formula is CH3NOS. The molecule has 0 bridgehead atoms. The topological polar surface area (TPSA) is 43.1 Å². The average Bonchev–Trinajstić information content (AvgIpc) is 1.37. The number of rotatable bonds is 0. The first-order valence-electron chi connectivity index (χ1n) is 0.736. The van der Waals surface area contributed by atoms with Gasteiger partial charge in [0.15, 0.2) is 0 Å². The Hall–Kier alpha value is -0.150. The Morgan fingerprint density at radius 3 is 2.25 bits per heavy atom. The number of hydrogen-bond donors (Lipinski definition) is 1. The van der Waals surface area contributed by atoms with E-state index in [0.717, 1.165) is 5.49 Å². The van der Waals surface area contributed by atoms with E-state index in [-0.39, 0.29) is 11.3 Å². The molecule has 0 spiro atoms. The van der Waals surface area contributed by atoms with Crippen molar-refractivity contribution in [2.45, 2.75) is 0 Å². The second-order valence-corrected chi connectivity index (χ2v) is 0.697. The second-order valence-electron chi connectivity index (χ2n) is 0.232. The van der Waals surface area contributed by atoms with E-state index in [2.05, 4.69) is 5.73 Å². The van der Waals surface area contributed by atoms with E-state index in [1.165, 1.54) is 0 Å². The third kappa shape index (κ3) is 1.85. The van der Waals surface area contributed by atoms with Crippen LogP contribution in [-0.4, -0.2) is 9.70 Å². The highest BCUT2D eigenvalue weighted by Crippen LogP contribution is 1.01. The largest absolute Gasteiger partial charge is 0.298 e. The van der Waals surface area contributed by atoms with Crippen molar-refractivity contribution in [3.63, 3.8) is 0 Å². The van der Waals surface area contributed by atoms with Gasteiger partial charge in [0.05, 0.1) is 5.49 Å². The molecule has 4 heavy (non-hydrogen) atoms. The van der Waals surface area contributed by atoms with Crippen LogP contribution in [0, 0.1) is 0 Å². The van der Waals surface area contributed by atoms with Crippen molar-refractivity contribution in [3.8, 4) is 0 Å². The van der Waals surface area contributed by atoms with Crippen LogP contribution in [0.15, 0.2) is 0 Å². The van der Waals surface area contributed by atoms with Crippen LogP contribution < -0.4 is 5.73 Å². The summed E-state index contributed by atoms with van der Waals surface area (Å²) in [5.74, 6) is 0. The zero-order chi connectivity index (χ0) is 3.41. The maximum atomic E-state index is 9.03. The third-order valence-electron chi connectivity index (χ3n) is 0.0556. The van der Waals surface area contributed by atoms with Gasteiger partial charge in [-0.15, -0.1) is 0 Å². The second kappa shape index (κ2) is 2.85. The molecule has 0 aromatic carbocycles. The van der Waals surface area contributed by atoms with Crippen LogP contribution in [0.1, 0.15) is 0 Å². The van der Waals surface area contributed by atoms with E-state index >= 15 is 0 Å². The molecule has 24 valence electrons. The van der Waals surface area contributed by atoms with Gasteiger partial charge in [-0.2, -0.15) is 0 Å². The lowest BCUT2D eigenvalue weighted by atomic mass is 11.6. The highest BCUT2D eigenvalue weighted by atomic mass is 32.1. The smallest absolute Gasteiger partial charge is 0.100 e. The van der Waals surface area contributed by atoms with Crippen LogP contribution in [0.5, 0.6) is 0 Å². The molecule has 2 N–H and O–H groups in total. The molecule has 0 rings (SSSR count). The highest BCUT2D eigenvalue weighted by molar-refractivity contribution is 7.64. The van der Waals surface area contributed by atoms with Crippen LogP contribution in [0.2, 0.25) is 0 Å². The molecule has 0 radical (unpaired) electrons. The fourth-order valence-electron chi connectivity index (χ4n) is 0. The summed E-state index contributed by atoms with van der Waals surface area (Å²) in [5, 5.41) is 0. The van der Waals surface area contributed by atoms with Crippen molar-refractivity contribution in [1.82, 2.24) is 0 Å². The van der Waals surface area contributed by atoms with Gasteiger partial charge in [-0.3, -0.25) is 5.73 Å². The third-order valence-corrected chi connectivity index (χ3v) is 0.167. The quantitative estimate of drug-likeness (QED) is 0.374. The van der Waals surface area contributed by atoms with Gasteiger partial charge in [0.25, 0.3) is 0 Å². The summed E-state index contributed by atoms with van der Waals surface area (Å²) in [4.78, 5) is 0. The Morgan fingerprint density at radius 1 is 2.00 bits per heavy atom. The van der Waals surface area contributed by atoms with E-state index in [1.54, 1.807) is 0 Å². The first-order valence-corrected chi connectivity index (χ1v) is 1.54. The van der Waals surface area contributed by atoms with Gasteiger partial charge in [-0.05, 0) is 0 Å². The fourth-order valence-corrected chi connectivity index (χ4v) is 0. The van der Waals surface area contributed by atoms with Gasteiger partial charge in [0.2, 0.25) is 0 Å². The van der Waals surface area contributed by atoms with Crippen LogP contribution in [-0.2, 0) is 11.3 Å². The molecule has 0 heterocycles. The van der Waals surface area contributed by atoms with Gasteiger partial charge >= 0.3 is 0 Å². The van der Waals surface area contributed by atoms with Crippen molar-refractivity contribution < 1.29 is 4.21 Å². The minimum Gasteiger partial charge on any atom is -0.298 e. The van der Waals surface area contributed by atoms with Crippen molar-refractivity contribution in [2.75, 3.05) is 0 Å². The molecule has 3 heteroatoms. The molecule has 0 aromatic rings. The van der Waals surface area contributed by atoms with Crippen molar-refractivity contribution in [1.29, 1.82) is 0 Å². The van der Waals surface area contributed by atoms with Crippen molar-refractivity contribution >= 4 is 16.7 Å². The first-order chi connectivity index (χ1) is 1.91. The van der Waals surface area contributed by atoms with E-state index in [1.807, 2.05) is 0 Å². The molecule has 0 atom stereocenters. The molecule has 0 aliphatic rings. The predicted octanol–water partition coefficient (Wildman–Crippen LogP) is -1.08. The number of nitrogens with two attached hydrogens (primary N) is 1. The van der Waals surface area contributed by atoms with Crippen molar-refractivity contribution in [3.05, 3.63) is 0 Å². The summed E-state index contributed by atoms with van der Waals surface area (Å²) in [5.41, 5.74) is 5.54. The normalized spacial score (nSPS) is 5.25. The molecule has 0 fully saturated rings. The zero-order valence-corrected chi connectivity index (χ0v) is 2.79. The van der Waals surface area contributed by atoms with E-state index in [4.69, 9.17) is 4.21 Å². The van der Waals surface area contributed by atoms with Crippen LogP contribution in [0.25, 0.3) is 0 Å². The van der Waals surface area contributed by atoms with E-state index in [0.29, 0.717) is 0 Å². The summed E-state index contributed by atoms with van der Waals surface area (Å²) in [7, 11) is 0. The van der Waals surface area contributed by atoms with Crippen molar-refractivity contribution in [2.24, 2.45) is 5.73 Å². The summed E-state index contributed by atoms with van der Waals surface area (Å²) in [6, 6.07) is 0. The lowest BCUT2D eigenvalue weighted by Crippen LogP contribution is -1.84. The molecule has 0 aliphatic heterocycles. The molecule has 2 nitrogen and oxygen atoms in total. The minimum absolute atomic E-state index is 0.259. The monoisotopic (exact) mass is 77.0 g/mol. The molecular weight excluding hydrogens is 74.1 g/mol. The maximum Gasteiger partial charge on any atom is 0.100 e. The molecule has 0 unspecified atom stereocenters. The first kappa shape index (κ1) is 3.85. The fraction of sp³-hybridized carbons (Fsp3) is 0.